The molecule has 0 spiro atoms. The van der Waals surface area contributed by atoms with Crippen molar-refractivity contribution in [3.8, 4) is 0 Å². The maximum atomic E-state index is 13.5. The van der Waals surface area contributed by atoms with Gasteiger partial charge in [0, 0.05) is 37.5 Å². The number of hydrogen-bond donors (Lipinski definition) is 4. The lowest BCUT2D eigenvalue weighted by Crippen LogP contribution is -2.56. The molecule has 0 saturated carbocycles. The highest BCUT2D eigenvalue weighted by molar-refractivity contribution is 6.43. The first kappa shape index (κ1) is 25.8. The molecule has 188 valence electrons. The molecule has 1 aliphatic heterocycles. The number of carbonyl (C=O) groups excluding carboxylic acids is 1. The van der Waals surface area contributed by atoms with Crippen LogP contribution in [0.2, 0.25) is 0 Å². The van der Waals surface area contributed by atoms with Gasteiger partial charge < -0.3 is 25.5 Å². The summed E-state index contributed by atoms with van der Waals surface area (Å²) >= 11 is 0. The fourth-order valence-corrected chi connectivity index (χ4v) is 4.57. The molecule has 0 saturated heterocycles. The summed E-state index contributed by atoms with van der Waals surface area (Å²) in [4.78, 5) is 23.8. The number of benzene rings is 2. The van der Waals surface area contributed by atoms with Gasteiger partial charge in [-0.1, -0.05) is 73.6 Å². The molecule has 0 aliphatic carbocycles. The van der Waals surface area contributed by atoms with Crippen LogP contribution < -0.4 is 10.6 Å². The molecular weight excluding hydrogens is 455 g/mol. The summed E-state index contributed by atoms with van der Waals surface area (Å²) < 4.78 is 0. The number of nitrogens with one attached hydrogen (secondary N) is 2. The molecule has 0 bridgehead atoms. The molecule has 0 radical (unpaired) electrons. The van der Waals surface area contributed by atoms with Crippen LogP contribution in [0, 0.1) is 5.92 Å². The van der Waals surface area contributed by atoms with Crippen LogP contribution in [0.5, 0.6) is 0 Å². The molecule has 2 atom stereocenters. The fourth-order valence-electron chi connectivity index (χ4n) is 4.57. The van der Waals surface area contributed by atoms with Crippen LogP contribution >= 0.6 is 0 Å². The Bertz CT molecular complexity index is 1200. The predicted molar refractivity (Wildman–Crippen MR) is 141 cm³/mol. The summed E-state index contributed by atoms with van der Waals surface area (Å²) in [6.45, 7) is 4.91. The number of rotatable bonds is 11. The SMILES string of the molecule is CC(C)C[C@H](NC(=O)C1(Cc2ccccc2)CC(CNCc2nccc3ccccc23)=NO1)B(O)O. The smallest absolute Gasteiger partial charge is 0.426 e. The first-order valence-corrected chi connectivity index (χ1v) is 12.3. The maximum absolute atomic E-state index is 13.5. The number of oxime groups is 1. The van der Waals surface area contributed by atoms with Crippen LogP contribution in [0.4, 0.5) is 0 Å². The summed E-state index contributed by atoms with van der Waals surface area (Å²) in [6.07, 6.45) is 2.83. The quantitative estimate of drug-likeness (QED) is 0.309. The minimum Gasteiger partial charge on any atom is -0.426 e. The van der Waals surface area contributed by atoms with Gasteiger partial charge >= 0.3 is 7.12 Å². The van der Waals surface area contributed by atoms with Crippen LogP contribution in [0.1, 0.15) is 37.9 Å². The number of aromatic nitrogens is 1. The molecule has 2 heterocycles. The molecule has 8 nitrogen and oxygen atoms in total. The second-order valence-corrected chi connectivity index (χ2v) is 9.79. The van der Waals surface area contributed by atoms with E-state index in [1.165, 1.54) is 0 Å². The minimum absolute atomic E-state index is 0.172. The van der Waals surface area contributed by atoms with Crippen LogP contribution in [0.15, 0.2) is 72.0 Å². The monoisotopic (exact) mass is 488 g/mol. The summed E-state index contributed by atoms with van der Waals surface area (Å²) in [5.41, 5.74) is 1.32. The van der Waals surface area contributed by atoms with Crippen molar-refractivity contribution in [3.63, 3.8) is 0 Å². The van der Waals surface area contributed by atoms with Crippen molar-refractivity contribution in [2.45, 2.75) is 51.2 Å². The molecule has 1 aliphatic rings. The van der Waals surface area contributed by atoms with Crippen molar-refractivity contribution in [3.05, 3.63) is 78.1 Å². The number of amides is 1. The van der Waals surface area contributed by atoms with E-state index in [1.54, 1.807) is 6.20 Å². The lowest BCUT2D eigenvalue weighted by atomic mass is 9.74. The Labute approximate surface area is 211 Å². The molecule has 36 heavy (non-hydrogen) atoms. The van der Waals surface area contributed by atoms with Gasteiger partial charge in [-0.25, -0.2) is 0 Å². The van der Waals surface area contributed by atoms with Crippen molar-refractivity contribution in [2.75, 3.05) is 6.54 Å². The van der Waals surface area contributed by atoms with E-state index in [4.69, 9.17) is 4.84 Å². The predicted octanol–water partition coefficient (Wildman–Crippen LogP) is 2.63. The second kappa shape index (κ2) is 11.6. The fraction of sp³-hybridized carbons (Fsp3) is 0.370. The number of nitrogens with zero attached hydrogens (tertiary/aromatic N) is 2. The number of fused-ring (bicyclic) bond motifs is 1. The van der Waals surface area contributed by atoms with Gasteiger partial charge in [0.05, 0.1) is 17.3 Å². The zero-order valence-corrected chi connectivity index (χ0v) is 20.7. The Balaban J connectivity index is 1.45. The van der Waals surface area contributed by atoms with E-state index in [1.807, 2.05) is 68.4 Å². The molecule has 1 unspecified atom stereocenters. The van der Waals surface area contributed by atoms with Gasteiger partial charge in [0.2, 0.25) is 5.60 Å². The number of pyridine rings is 1. The summed E-state index contributed by atoms with van der Waals surface area (Å²) in [7, 11) is -1.67. The van der Waals surface area contributed by atoms with E-state index in [9.17, 15) is 14.8 Å². The third kappa shape index (κ3) is 6.29. The van der Waals surface area contributed by atoms with E-state index >= 15 is 0 Å². The Kier molecular flexibility index (Phi) is 8.35. The molecule has 4 N–H and O–H groups in total. The molecule has 9 heteroatoms. The third-order valence-corrected chi connectivity index (χ3v) is 6.36. The van der Waals surface area contributed by atoms with Crippen molar-refractivity contribution >= 4 is 29.5 Å². The van der Waals surface area contributed by atoms with Gasteiger partial charge in [-0.2, -0.15) is 0 Å². The first-order chi connectivity index (χ1) is 17.4. The zero-order valence-electron chi connectivity index (χ0n) is 20.7. The lowest BCUT2D eigenvalue weighted by molar-refractivity contribution is -0.144. The van der Waals surface area contributed by atoms with E-state index in [0.29, 0.717) is 38.1 Å². The topological polar surface area (TPSA) is 116 Å². The van der Waals surface area contributed by atoms with E-state index < -0.39 is 24.6 Å². The molecule has 2 aromatic carbocycles. The third-order valence-electron chi connectivity index (χ3n) is 6.36. The van der Waals surface area contributed by atoms with Crippen molar-refractivity contribution in [2.24, 2.45) is 11.1 Å². The Morgan fingerprint density at radius 1 is 1.08 bits per heavy atom. The number of hydrogen-bond acceptors (Lipinski definition) is 7. The standard InChI is InChI=1S/C27H33BN4O4/c1-19(2)14-25(28(34)35)31-26(33)27(15-20-8-4-3-5-9-20)16-22(32-36-27)17-29-18-24-23-11-7-6-10-21(23)12-13-30-24/h3-13,19,25,29,34-35H,14-18H2,1-2H3,(H,31,33)/t25-,27?/m0/s1. The average molecular weight is 488 g/mol. The van der Waals surface area contributed by atoms with E-state index in [-0.39, 0.29) is 5.92 Å². The average Bonchev–Trinajstić information content (AvgIpc) is 3.28. The second-order valence-electron chi connectivity index (χ2n) is 9.79. The van der Waals surface area contributed by atoms with Gasteiger partial charge in [0.1, 0.15) is 0 Å². The Morgan fingerprint density at radius 3 is 2.58 bits per heavy atom. The van der Waals surface area contributed by atoms with Gasteiger partial charge in [-0.15, -0.1) is 0 Å². The Hall–Kier alpha value is -3.27. The normalized spacial score (nSPS) is 18.1. The molecule has 0 fully saturated rings. The van der Waals surface area contributed by atoms with E-state index in [0.717, 1.165) is 22.0 Å². The van der Waals surface area contributed by atoms with Gasteiger partial charge in [-0.05, 0) is 29.4 Å². The van der Waals surface area contributed by atoms with Crippen molar-refractivity contribution in [1.82, 2.24) is 15.6 Å². The highest BCUT2D eigenvalue weighted by Crippen LogP contribution is 2.29. The summed E-state index contributed by atoms with van der Waals surface area (Å²) in [5, 5.41) is 32.3. The zero-order chi connectivity index (χ0) is 25.5. The highest BCUT2D eigenvalue weighted by Gasteiger charge is 2.47. The van der Waals surface area contributed by atoms with Crippen LogP contribution in [0.3, 0.4) is 0 Å². The summed E-state index contributed by atoms with van der Waals surface area (Å²) in [5.74, 6) is -1.03. The molecular formula is C27H33BN4O4. The highest BCUT2D eigenvalue weighted by atomic mass is 16.7. The van der Waals surface area contributed by atoms with Crippen LogP contribution in [-0.2, 0) is 22.6 Å². The summed E-state index contributed by atoms with van der Waals surface area (Å²) in [6, 6.07) is 19.7. The lowest BCUT2D eigenvalue weighted by Gasteiger charge is -2.29. The van der Waals surface area contributed by atoms with Crippen LogP contribution in [0.25, 0.3) is 10.8 Å². The van der Waals surface area contributed by atoms with Crippen LogP contribution in [-0.4, -0.2) is 51.9 Å². The molecule has 4 rings (SSSR count). The Morgan fingerprint density at radius 2 is 1.83 bits per heavy atom. The van der Waals surface area contributed by atoms with E-state index in [2.05, 4.69) is 26.8 Å². The van der Waals surface area contributed by atoms with Crippen molar-refractivity contribution < 1.29 is 19.7 Å². The largest absolute Gasteiger partial charge is 0.475 e. The maximum Gasteiger partial charge on any atom is 0.475 e. The van der Waals surface area contributed by atoms with Gasteiger partial charge in [-0.3, -0.25) is 9.78 Å². The minimum atomic E-state index is -1.67. The first-order valence-electron chi connectivity index (χ1n) is 12.3. The molecule has 1 amide bonds. The van der Waals surface area contributed by atoms with Gasteiger partial charge in [0.25, 0.3) is 5.91 Å². The van der Waals surface area contributed by atoms with Gasteiger partial charge in [0.15, 0.2) is 0 Å². The molecule has 1 aromatic heterocycles. The van der Waals surface area contributed by atoms with Crippen molar-refractivity contribution in [1.29, 1.82) is 0 Å². The number of carbonyl (C=O) groups is 1. The molecule has 3 aromatic rings.